The second kappa shape index (κ2) is 9.01. The summed E-state index contributed by atoms with van der Waals surface area (Å²) >= 11 is 6.05. The number of hydrogen-bond acceptors (Lipinski definition) is 6. The first-order valence-corrected chi connectivity index (χ1v) is 11.9. The van der Waals surface area contributed by atoms with Crippen LogP contribution in [-0.4, -0.2) is 47.1 Å². The van der Waals surface area contributed by atoms with Gasteiger partial charge in [0.15, 0.2) is 0 Å². The molecule has 3 unspecified atom stereocenters. The van der Waals surface area contributed by atoms with Gasteiger partial charge in [0, 0.05) is 24.0 Å². The molecule has 4 rings (SSSR count). The number of fused-ring (bicyclic) bond motifs is 4. The van der Waals surface area contributed by atoms with Crippen molar-refractivity contribution in [3.05, 3.63) is 40.7 Å². The Balaban J connectivity index is 1.62. The topological polar surface area (TPSA) is 82.1 Å². The molecule has 2 saturated heterocycles. The summed E-state index contributed by atoms with van der Waals surface area (Å²) in [6.07, 6.45) is 4.19. The van der Waals surface area contributed by atoms with E-state index in [0.717, 1.165) is 12.8 Å². The fraction of sp³-hybridized carbons (Fsp3) is 0.600. The van der Waals surface area contributed by atoms with E-state index in [2.05, 4.69) is 6.92 Å². The molecule has 1 saturated carbocycles. The number of carbonyl (C=O) groups excluding carboxylic acids is 2. The molecule has 1 aromatic carbocycles. The van der Waals surface area contributed by atoms with E-state index in [1.165, 1.54) is 24.3 Å². The van der Waals surface area contributed by atoms with Crippen LogP contribution in [0.15, 0.2) is 24.3 Å². The molecule has 7 atom stereocenters. The molecule has 3 fully saturated rings. The Morgan fingerprint density at radius 3 is 2.76 bits per heavy atom. The summed E-state index contributed by atoms with van der Waals surface area (Å²) in [7, 11) is 0. The van der Waals surface area contributed by atoms with Crippen molar-refractivity contribution in [2.75, 3.05) is 6.61 Å². The number of rotatable bonds is 6. The molecule has 0 spiro atoms. The van der Waals surface area contributed by atoms with Crippen molar-refractivity contribution in [3.8, 4) is 0 Å². The molecular formula is C25H30ClFO6. The highest BCUT2D eigenvalue weighted by Crippen LogP contribution is 2.62. The van der Waals surface area contributed by atoms with E-state index in [-0.39, 0.29) is 22.4 Å². The number of halogens is 2. The van der Waals surface area contributed by atoms with Crippen molar-refractivity contribution in [3.63, 3.8) is 0 Å². The summed E-state index contributed by atoms with van der Waals surface area (Å²) in [5.41, 5.74) is -1.40. The van der Waals surface area contributed by atoms with Crippen molar-refractivity contribution in [2.45, 2.75) is 69.9 Å². The lowest BCUT2D eigenvalue weighted by Gasteiger charge is -2.51. The van der Waals surface area contributed by atoms with Crippen LogP contribution >= 0.6 is 11.6 Å². The molecule has 2 bridgehead atoms. The van der Waals surface area contributed by atoms with Gasteiger partial charge in [-0.25, -0.2) is 14.0 Å². The number of esters is 2. The maximum absolute atomic E-state index is 14.1. The van der Waals surface area contributed by atoms with Crippen LogP contribution in [0.3, 0.4) is 0 Å². The fourth-order valence-corrected chi connectivity index (χ4v) is 6.47. The first-order chi connectivity index (χ1) is 15.6. The van der Waals surface area contributed by atoms with Crippen LogP contribution in [0, 0.1) is 23.6 Å². The van der Waals surface area contributed by atoms with Crippen LogP contribution in [0.2, 0.25) is 5.02 Å². The zero-order chi connectivity index (χ0) is 24.0. The molecule has 2 aliphatic heterocycles. The first-order valence-electron chi connectivity index (χ1n) is 11.5. The van der Waals surface area contributed by atoms with E-state index in [4.69, 9.17) is 25.8 Å². The van der Waals surface area contributed by atoms with Crippen LogP contribution in [-0.2, 0) is 23.8 Å². The Morgan fingerprint density at radius 1 is 1.33 bits per heavy atom. The molecule has 0 amide bonds. The smallest absolute Gasteiger partial charge is 0.332 e. The lowest BCUT2D eigenvalue weighted by atomic mass is 9.71. The molecule has 33 heavy (non-hydrogen) atoms. The van der Waals surface area contributed by atoms with Crippen LogP contribution in [0.25, 0.3) is 6.08 Å². The second-order valence-electron chi connectivity index (χ2n) is 9.61. The summed E-state index contributed by atoms with van der Waals surface area (Å²) in [4.78, 5) is 24.8. The molecule has 1 aliphatic carbocycles. The van der Waals surface area contributed by atoms with Crippen LogP contribution in [0.4, 0.5) is 4.39 Å². The summed E-state index contributed by atoms with van der Waals surface area (Å²) in [6.45, 7) is 5.38. The minimum absolute atomic E-state index is 0.0361. The van der Waals surface area contributed by atoms with Gasteiger partial charge in [0.25, 0.3) is 0 Å². The third-order valence-corrected chi connectivity index (χ3v) is 8.21. The lowest BCUT2D eigenvalue weighted by Crippen LogP contribution is -2.60. The van der Waals surface area contributed by atoms with Gasteiger partial charge in [-0.1, -0.05) is 31.5 Å². The molecule has 2 heterocycles. The molecule has 180 valence electrons. The van der Waals surface area contributed by atoms with Crippen molar-refractivity contribution in [1.82, 2.24) is 0 Å². The van der Waals surface area contributed by atoms with Gasteiger partial charge in [-0.2, -0.15) is 0 Å². The van der Waals surface area contributed by atoms with Crippen LogP contribution < -0.4 is 0 Å². The maximum atomic E-state index is 14.1. The molecule has 0 radical (unpaired) electrons. The quantitative estimate of drug-likeness (QED) is 0.482. The van der Waals surface area contributed by atoms with E-state index in [1.54, 1.807) is 6.07 Å². The SMILES string of the molecule is CC[C@]12CC(OC(=O)CO)[C@](C)(O1)C1CC[C@@H](C)C1[C@@H]2OC(=O)/C=C/c1c(F)cccc1Cl. The highest BCUT2D eigenvalue weighted by atomic mass is 35.5. The monoisotopic (exact) mass is 480 g/mol. The average molecular weight is 481 g/mol. The Morgan fingerprint density at radius 2 is 2.09 bits per heavy atom. The normalized spacial score (nSPS) is 37.2. The highest BCUT2D eigenvalue weighted by Gasteiger charge is 2.70. The van der Waals surface area contributed by atoms with Crippen molar-refractivity contribution >= 4 is 29.6 Å². The number of benzene rings is 1. The molecular weight excluding hydrogens is 451 g/mol. The zero-order valence-corrected chi connectivity index (χ0v) is 19.8. The molecule has 0 aromatic heterocycles. The summed E-state index contributed by atoms with van der Waals surface area (Å²) in [5, 5.41) is 9.41. The van der Waals surface area contributed by atoms with Gasteiger partial charge in [-0.3, -0.25) is 0 Å². The van der Waals surface area contributed by atoms with Gasteiger partial charge in [0.05, 0.1) is 5.02 Å². The molecule has 1 aromatic rings. The number of carbonyl (C=O) groups is 2. The van der Waals surface area contributed by atoms with Gasteiger partial charge in [-0.15, -0.1) is 0 Å². The third-order valence-electron chi connectivity index (χ3n) is 7.88. The van der Waals surface area contributed by atoms with E-state index in [0.29, 0.717) is 18.8 Å². The lowest BCUT2D eigenvalue weighted by molar-refractivity contribution is -0.253. The van der Waals surface area contributed by atoms with E-state index >= 15 is 0 Å². The predicted molar refractivity (Wildman–Crippen MR) is 120 cm³/mol. The summed E-state index contributed by atoms with van der Waals surface area (Å²) in [5.74, 6) is -1.45. The largest absolute Gasteiger partial charge is 0.457 e. The Hall–Kier alpha value is -1.96. The van der Waals surface area contributed by atoms with Crippen molar-refractivity contribution in [1.29, 1.82) is 0 Å². The van der Waals surface area contributed by atoms with Crippen molar-refractivity contribution in [2.24, 2.45) is 17.8 Å². The van der Waals surface area contributed by atoms with Crippen molar-refractivity contribution < 1.29 is 33.3 Å². The van der Waals surface area contributed by atoms with Crippen LogP contribution in [0.5, 0.6) is 0 Å². The fourth-order valence-electron chi connectivity index (χ4n) is 6.25. The van der Waals surface area contributed by atoms with Gasteiger partial charge in [0.1, 0.15) is 35.8 Å². The minimum atomic E-state index is -0.811. The average Bonchev–Trinajstić information content (AvgIpc) is 3.28. The number of aliphatic hydroxyl groups excluding tert-OH is 1. The first kappa shape index (κ1) is 24.2. The summed E-state index contributed by atoms with van der Waals surface area (Å²) < 4.78 is 32.3. The third kappa shape index (κ3) is 4.08. The number of hydrogen-bond donors (Lipinski definition) is 1. The Bertz CT molecular complexity index is 946. The second-order valence-corrected chi connectivity index (χ2v) is 10.0. The van der Waals surface area contributed by atoms with Gasteiger partial charge in [0.2, 0.25) is 0 Å². The van der Waals surface area contributed by atoms with Gasteiger partial charge in [-0.05, 0) is 56.2 Å². The molecule has 8 heteroatoms. The highest BCUT2D eigenvalue weighted by molar-refractivity contribution is 6.32. The maximum Gasteiger partial charge on any atom is 0.332 e. The molecule has 3 aliphatic rings. The zero-order valence-electron chi connectivity index (χ0n) is 19.1. The molecule has 1 N–H and O–H groups in total. The number of ether oxygens (including phenoxy) is 3. The molecule has 6 nitrogen and oxygen atoms in total. The number of aliphatic hydroxyl groups is 1. The van der Waals surface area contributed by atoms with E-state index in [9.17, 15) is 19.1 Å². The minimum Gasteiger partial charge on any atom is -0.457 e. The van der Waals surface area contributed by atoms with Crippen LogP contribution in [0.1, 0.15) is 52.0 Å². The Labute approximate surface area is 198 Å². The Kier molecular flexibility index (Phi) is 6.60. The van der Waals surface area contributed by atoms with E-state index in [1.807, 2.05) is 13.8 Å². The van der Waals surface area contributed by atoms with Gasteiger partial charge >= 0.3 is 11.9 Å². The van der Waals surface area contributed by atoms with E-state index < -0.39 is 47.8 Å². The standard InChI is InChI=1S/C25H30ClFO6/c1-4-25-12-19(31-21(30)13-28)24(3,33-25)16-10-8-14(2)22(16)23(25)32-20(29)11-9-15-17(26)6-5-7-18(15)27/h5-7,9,11,14,16,19,22-23,28H,4,8,10,12-13H2,1-3H3/b11-9+/t14-,16?,19?,22?,23+,24-,25-/m1/s1. The summed E-state index contributed by atoms with van der Waals surface area (Å²) in [6, 6.07) is 4.32. The predicted octanol–water partition coefficient (Wildman–Crippen LogP) is 4.31. The van der Waals surface area contributed by atoms with Gasteiger partial charge < -0.3 is 19.3 Å².